The Kier molecular flexibility index (Phi) is 4.48. The summed E-state index contributed by atoms with van der Waals surface area (Å²) in [6.07, 6.45) is 2.86. The van der Waals surface area contributed by atoms with Gasteiger partial charge in [-0.3, -0.25) is 9.69 Å². The number of piperidine rings is 1. The number of rotatable bonds is 4. The lowest BCUT2D eigenvalue weighted by Crippen LogP contribution is -2.38. The second kappa shape index (κ2) is 6.10. The second-order valence-electron chi connectivity index (χ2n) is 5.32. The zero-order valence-corrected chi connectivity index (χ0v) is 10.9. The highest BCUT2D eigenvalue weighted by Crippen LogP contribution is 2.15. The molecule has 0 aliphatic carbocycles. The van der Waals surface area contributed by atoms with Gasteiger partial charge in [0.05, 0.1) is 6.54 Å². The SMILES string of the molecule is CC1CCCN(CC(=O)Cc2ccc(F)cc2)C1. The number of ketones is 1. The average molecular weight is 249 g/mol. The highest BCUT2D eigenvalue weighted by atomic mass is 19.1. The normalized spacial score (nSPS) is 20.9. The van der Waals surface area contributed by atoms with Gasteiger partial charge in [0, 0.05) is 13.0 Å². The van der Waals surface area contributed by atoms with Crippen molar-refractivity contribution in [3.05, 3.63) is 35.6 Å². The minimum Gasteiger partial charge on any atom is -0.298 e. The standard InChI is InChI=1S/C15H20FNO/c1-12-3-2-8-17(10-12)11-15(18)9-13-4-6-14(16)7-5-13/h4-7,12H,2-3,8-11H2,1H3. The van der Waals surface area contributed by atoms with Crippen LogP contribution < -0.4 is 0 Å². The van der Waals surface area contributed by atoms with Gasteiger partial charge in [-0.2, -0.15) is 0 Å². The predicted molar refractivity (Wildman–Crippen MR) is 69.9 cm³/mol. The van der Waals surface area contributed by atoms with Crippen molar-refractivity contribution in [1.29, 1.82) is 0 Å². The lowest BCUT2D eigenvalue weighted by molar-refractivity contribution is -0.119. The lowest BCUT2D eigenvalue weighted by atomic mass is 9.99. The molecule has 1 atom stereocenters. The average Bonchev–Trinajstić information content (AvgIpc) is 2.32. The van der Waals surface area contributed by atoms with E-state index in [1.807, 2.05) is 0 Å². The van der Waals surface area contributed by atoms with Crippen molar-refractivity contribution in [3.63, 3.8) is 0 Å². The number of likely N-dealkylation sites (tertiary alicyclic amines) is 1. The molecule has 0 radical (unpaired) electrons. The van der Waals surface area contributed by atoms with Gasteiger partial charge in [-0.1, -0.05) is 19.1 Å². The first-order chi connectivity index (χ1) is 8.63. The molecule has 1 saturated heterocycles. The molecule has 0 N–H and O–H groups in total. The molecule has 0 saturated carbocycles. The Morgan fingerprint density at radius 1 is 1.39 bits per heavy atom. The van der Waals surface area contributed by atoms with Crippen molar-refractivity contribution in [1.82, 2.24) is 4.90 Å². The summed E-state index contributed by atoms with van der Waals surface area (Å²) in [6, 6.07) is 6.19. The fourth-order valence-electron chi connectivity index (χ4n) is 2.57. The summed E-state index contributed by atoms with van der Waals surface area (Å²) < 4.78 is 12.7. The first kappa shape index (κ1) is 13.2. The molecule has 1 heterocycles. The van der Waals surface area contributed by atoms with Crippen LogP contribution >= 0.6 is 0 Å². The van der Waals surface area contributed by atoms with Gasteiger partial charge in [0.1, 0.15) is 5.82 Å². The molecule has 3 heteroatoms. The Balaban J connectivity index is 1.83. The van der Waals surface area contributed by atoms with E-state index in [0.29, 0.717) is 18.9 Å². The molecular weight excluding hydrogens is 229 g/mol. The van der Waals surface area contributed by atoms with Crippen LogP contribution in [0.5, 0.6) is 0 Å². The summed E-state index contributed by atoms with van der Waals surface area (Å²) in [5, 5.41) is 0. The lowest BCUT2D eigenvalue weighted by Gasteiger charge is -2.30. The van der Waals surface area contributed by atoms with Crippen molar-refractivity contribution in [2.24, 2.45) is 5.92 Å². The van der Waals surface area contributed by atoms with Crippen LogP contribution in [0.1, 0.15) is 25.3 Å². The third-order valence-corrected chi connectivity index (χ3v) is 3.46. The Bertz CT molecular complexity index is 401. The van der Waals surface area contributed by atoms with Crippen LogP contribution in [0.4, 0.5) is 4.39 Å². The largest absolute Gasteiger partial charge is 0.298 e. The van der Waals surface area contributed by atoms with Gasteiger partial charge in [-0.15, -0.1) is 0 Å². The molecule has 0 spiro atoms. The third-order valence-electron chi connectivity index (χ3n) is 3.46. The van der Waals surface area contributed by atoms with E-state index in [1.165, 1.54) is 25.0 Å². The van der Waals surface area contributed by atoms with Gasteiger partial charge in [0.25, 0.3) is 0 Å². The quantitative estimate of drug-likeness (QED) is 0.817. The highest BCUT2D eigenvalue weighted by Gasteiger charge is 2.18. The van der Waals surface area contributed by atoms with Gasteiger partial charge >= 0.3 is 0 Å². The molecule has 1 fully saturated rings. The molecule has 1 aromatic carbocycles. The van der Waals surface area contributed by atoms with E-state index < -0.39 is 0 Å². The Hall–Kier alpha value is -1.22. The molecule has 1 aliphatic heterocycles. The maximum absolute atomic E-state index is 12.7. The Morgan fingerprint density at radius 2 is 2.11 bits per heavy atom. The van der Waals surface area contributed by atoms with E-state index in [0.717, 1.165) is 18.7 Å². The number of nitrogens with zero attached hydrogens (tertiary/aromatic N) is 1. The summed E-state index contributed by atoms with van der Waals surface area (Å²) in [4.78, 5) is 14.2. The van der Waals surface area contributed by atoms with Gasteiger partial charge in [-0.05, 0) is 43.0 Å². The van der Waals surface area contributed by atoms with Crippen LogP contribution in [0.25, 0.3) is 0 Å². The molecule has 1 unspecified atom stereocenters. The predicted octanol–water partition coefficient (Wildman–Crippen LogP) is 2.67. The van der Waals surface area contributed by atoms with Crippen molar-refractivity contribution in [2.75, 3.05) is 19.6 Å². The Morgan fingerprint density at radius 3 is 2.78 bits per heavy atom. The van der Waals surface area contributed by atoms with Crippen LogP contribution in [-0.4, -0.2) is 30.3 Å². The smallest absolute Gasteiger partial charge is 0.151 e. The molecule has 0 amide bonds. The van der Waals surface area contributed by atoms with Crippen LogP contribution in [0.3, 0.4) is 0 Å². The monoisotopic (exact) mass is 249 g/mol. The second-order valence-corrected chi connectivity index (χ2v) is 5.32. The van der Waals surface area contributed by atoms with Gasteiger partial charge in [0.2, 0.25) is 0 Å². The molecule has 2 rings (SSSR count). The zero-order valence-electron chi connectivity index (χ0n) is 10.9. The fraction of sp³-hybridized carbons (Fsp3) is 0.533. The van der Waals surface area contributed by atoms with Crippen molar-refractivity contribution >= 4 is 5.78 Å². The van der Waals surface area contributed by atoms with Gasteiger partial charge < -0.3 is 0 Å². The van der Waals surface area contributed by atoms with E-state index >= 15 is 0 Å². The molecule has 0 aromatic heterocycles. The molecular formula is C15H20FNO. The number of hydrogen-bond donors (Lipinski definition) is 0. The van der Waals surface area contributed by atoms with Crippen LogP contribution in [-0.2, 0) is 11.2 Å². The van der Waals surface area contributed by atoms with Crippen LogP contribution in [0.2, 0.25) is 0 Å². The summed E-state index contributed by atoms with van der Waals surface area (Å²) in [7, 11) is 0. The van der Waals surface area contributed by atoms with Gasteiger partial charge in [0.15, 0.2) is 5.78 Å². The maximum Gasteiger partial charge on any atom is 0.151 e. The van der Waals surface area contributed by atoms with Crippen LogP contribution in [0.15, 0.2) is 24.3 Å². The molecule has 98 valence electrons. The highest BCUT2D eigenvalue weighted by molar-refractivity contribution is 5.82. The first-order valence-corrected chi connectivity index (χ1v) is 6.62. The summed E-state index contributed by atoms with van der Waals surface area (Å²) in [6.45, 7) is 4.81. The fourth-order valence-corrected chi connectivity index (χ4v) is 2.57. The van der Waals surface area contributed by atoms with E-state index in [9.17, 15) is 9.18 Å². The summed E-state index contributed by atoms with van der Waals surface area (Å²) in [5.74, 6) is 0.657. The maximum atomic E-state index is 12.7. The van der Waals surface area contributed by atoms with E-state index in [1.54, 1.807) is 12.1 Å². The van der Waals surface area contributed by atoms with Gasteiger partial charge in [-0.25, -0.2) is 4.39 Å². The topological polar surface area (TPSA) is 20.3 Å². The molecule has 1 aromatic rings. The number of Topliss-reactive ketones (excluding diaryl/α,β-unsaturated/α-hetero) is 1. The minimum atomic E-state index is -0.254. The van der Waals surface area contributed by atoms with Crippen molar-refractivity contribution in [2.45, 2.75) is 26.2 Å². The van der Waals surface area contributed by atoms with E-state index in [-0.39, 0.29) is 11.6 Å². The van der Waals surface area contributed by atoms with E-state index in [4.69, 9.17) is 0 Å². The Labute approximate surface area is 108 Å². The van der Waals surface area contributed by atoms with E-state index in [2.05, 4.69) is 11.8 Å². The number of carbonyl (C=O) groups excluding carboxylic acids is 1. The molecule has 0 bridgehead atoms. The molecule has 18 heavy (non-hydrogen) atoms. The number of benzene rings is 1. The molecule has 1 aliphatic rings. The van der Waals surface area contributed by atoms with Crippen molar-refractivity contribution < 1.29 is 9.18 Å². The summed E-state index contributed by atoms with van der Waals surface area (Å²) >= 11 is 0. The third kappa shape index (κ3) is 3.91. The number of halogens is 1. The number of hydrogen-bond acceptors (Lipinski definition) is 2. The van der Waals surface area contributed by atoms with Crippen LogP contribution in [0, 0.1) is 11.7 Å². The van der Waals surface area contributed by atoms with Crippen molar-refractivity contribution in [3.8, 4) is 0 Å². The summed E-state index contributed by atoms with van der Waals surface area (Å²) in [5.41, 5.74) is 0.895. The minimum absolute atomic E-state index is 0.218. The zero-order chi connectivity index (χ0) is 13.0. The first-order valence-electron chi connectivity index (χ1n) is 6.62. The molecule has 2 nitrogen and oxygen atoms in total. The number of carbonyl (C=O) groups is 1.